The maximum atomic E-state index is 12.6. The first-order valence-electron chi connectivity index (χ1n) is 7.87. The number of rotatable bonds is 6. The third-order valence-corrected chi connectivity index (χ3v) is 3.77. The Morgan fingerprint density at radius 3 is 2.41 bits per heavy atom. The molecular formula is C18H16F3N3O3. The molecule has 3 rings (SSSR count). The predicted molar refractivity (Wildman–Crippen MR) is 91.6 cm³/mol. The molecule has 0 fully saturated rings. The van der Waals surface area contributed by atoms with Gasteiger partial charge in [0.25, 0.3) is 0 Å². The minimum Gasteiger partial charge on any atom is -0.497 e. The van der Waals surface area contributed by atoms with Crippen molar-refractivity contribution in [3.8, 4) is 22.9 Å². The second kappa shape index (κ2) is 7.56. The van der Waals surface area contributed by atoms with Gasteiger partial charge in [0.2, 0.25) is 11.7 Å². The van der Waals surface area contributed by atoms with Crippen LogP contribution in [-0.4, -0.2) is 24.4 Å². The van der Waals surface area contributed by atoms with E-state index in [1.807, 2.05) is 0 Å². The standard InChI is InChI=1S/C18H16F3N3O3/c1-25-13-7-8-14(15(9-13)26-2)17-23-16(27-24-17)10-22-12-5-3-11(4-6-12)18(19,20)21/h3-9,22H,10H2,1-2H3. The van der Waals surface area contributed by atoms with Crippen molar-refractivity contribution >= 4 is 5.69 Å². The smallest absolute Gasteiger partial charge is 0.416 e. The lowest BCUT2D eigenvalue weighted by Gasteiger charge is -2.08. The molecule has 0 spiro atoms. The van der Waals surface area contributed by atoms with Crippen LogP contribution >= 0.6 is 0 Å². The zero-order valence-electron chi connectivity index (χ0n) is 14.5. The molecule has 0 bridgehead atoms. The average Bonchev–Trinajstić information content (AvgIpc) is 3.14. The molecule has 0 aliphatic heterocycles. The summed E-state index contributed by atoms with van der Waals surface area (Å²) >= 11 is 0. The first-order valence-corrected chi connectivity index (χ1v) is 7.87. The molecule has 0 aliphatic rings. The molecule has 0 saturated heterocycles. The van der Waals surface area contributed by atoms with Crippen molar-refractivity contribution in [2.75, 3.05) is 19.5 Å². The van der Waals surface area contributed by atoms with Crippen LogP contribution in [0.2, 0.25) is 0 Å². The highest BCUT2D eigenvalue weighted by molar-refractivity contribution is 5.65. The van der Waals surface area contributed by atoms with Crippen LogP contribution in [-0.2, 0) is 12.7 Å². The molecule has 0 radical (unpaired) electrons. The van der Waals surface area contributed by atoms with Crippen LogP contribution in [0.3, 0.4) is 0 Å². The molecule has 1 N–H and O–H groups in total. The minimum atomic E-state index is -4.36. The van der Waals surface area contributed by atoms with Crippen molar-refractivity contribution in [2.24, 2.45) is 0 Å². The molecule has 1 aromatic heterocycles. The van der Waals surface area contributed by atoms with E-state index >= 15 is 0 Å². The average molecular weight is 379 g/mol. The van der Waals surface area contributed by atoms with E-state index in [9.17, 15) is 13.2 Å². The SMILES string of the molecule is COc1ccc(-c2noc(CNc3ccc(C(F)(F)F)cc3)n2)c(OC)c1. The quantitative estimate of drug-likeness (QED) is 0.685. The molecule has 3 aromatic rings. The lowest BCUT2D eigenvalue weighted by Crippen LogP contribution is -2.05. The fourth-order valence-electron chi connectivity index (χ4n) is 2.37. The number of alkyl halides is 3. The van der Waals surface area contributed by atoms with E-state index in [-0.39, 0.29) is 12.4 Å². The summed E-state index contributed by atoms with van der Waals surface area (Å²) < 4.78 is 53.4. The number of anilines is 1. The largest absolute Gasteiger partial charge is 0.497 e. The lowest BCUT2D eigenvalue weighted by molar-refractivity contribution is -0.137. The van der Waals surface area contributed by atoms with Gasteiger partial charge in [-0.05, 0) is 36.4 Å². The van der Waals surface area contributed by atoms with E-state index in [0.717, 1.165) is 12.1 Å². The van der Waals surface area contributed by atoms with Gasteiger partial charge in [-0.3, -0.25) is 0 Å². The molecule has 0 unspecified atom stereocenters. The van der Waals surface area contributed by atoms with Crippen molar-refractivity contribution < 1.29 is 27.2 Å². The van der Waals surface area contributed by atoms with E-state index in [1.165, 1.54) is 19.2 Å². The Hall–Kier alpha value is -3.23. The van der Waals surface area contributed by atoms with Gasteiger partial charge < -0.3 is 19.3 Å². The van der Waals surface area contributed by atoms with E-state index in [1.54, 1.807) is 25.3 Å². The molecule has 0 atom stereocenters. The first kappa shape index (κ1) is 18.6. The van der Waals surface area contributed by atoms with Gasteiger partial charge in [-0.1, -0.05) is 5.16 Å². The molecule has 6 nitrogen and oxygen atoms in total. The van der Waals surface area contributed by atoms with E-state index in [2.05, 4.69) is 15.5 Å². The number of nitrogens with zero attached hydrogens (tertiary/aromatic N) is 2. The number of aromatic nitrogens is 2. The molecular weight excluding hydrogens is 363 g/mol. The normalized spacial score (nSPS) is 11.3. The summed E-state index contributed by atoms with van der Waals surface area (Å²) in [5.74, 6) is 1.77. The molecule has 0 aliphatic carbocycles. The van der Waals surface area contributed by atoms with Gasteiger partial charge in [-0.2, -0.15) is 18.2 Å². The third kappa shape index (κ3) is 4.30. The van der Waals surface area contributed by atoms with Gasteiger partial charge >= 0.3 is 6.18 Å². The number of methoxy groups -OCH3 is 2. The van der Waals surface area contributed by atoms with E-state index in [0.29, 0.717) is 28.6 Å². The number of halogens is 3. The molecule has 27 heavy (non-hydrogen) atoms. The zero-order chi connectivity index (χ0) is 19.4. The third-order valence-electron chi connectivity index (χ3n) is 3.77. The Kier molecular flexibility index (Phi) is 5.20. The van der Waals surface area contributed by atoms with Crippen LogP contribution in [0.25, 0.3) is 11.4 Å². The number of ether oxygens (including phenoxy) is 2. The fraction of sp³-hybridized carbons (Fsp3) is 0.222. The maximum Gasteiger partial charge on any atom is 0.416 e. The maximum absolute atomic E-state index is 12.6. The molecule has 0 saturated carbocycles. The van der Waals surface area contributed by atoms with Crippen LogP contribution in [0, 0.1) is 0 Å². The monoisotopic (exact) mass is 379 g/mol. The highest BCUT2D eigenvalue weighted by Gasteiger charge is 2.29. The highest BCUT2D eigenvalue weighted by Crippen LogP contribution is 2.32. The van der Waals surface area contributed by atoms with Crippen LogP contribution in [0.15, 0.2) is 47.0 Å². The number of nitrogens with one attached hydrogen (secondary N) is 1. The van der Waals surface area contributed by atoms with Gasteiger partial charge in [-0.25, -0.2) is 0 Å². The molecule has 0 amide bonds. The van der Waals surface area contributed by atoms with E-state index < -0.39 is 11.7 Å². The van der Waals surface area contributed by atoms with Crippen molar-refractivity contribution in [1.82, 2.24) is 10.1 Å². The van der Waals surface area contributed by atoms with Crippen LogP contribution < -0.4 is 14.8 Å². The highest BCUT2D eigenvalue weighted by atomic mass is 19.4. The van der Waals surface area contributed by atoms with Gasteiger partial charge in [0.05, 0.1) is 31.9 Å². The Balaban J connectivity index is 1.70. The molecule has 9 heteroatoms. The summed E-state index contributed by atoms with van der Waals surface area (Å²) in [7, 11) is 3.07. The van der Waals surface area contributed by atoms with Crippen molar-refractivity contribution in [3.63, 3.8) is 0 Å². The van der Waals surface area contributed by atoms with Gasteiger partial charge in [0.15, 0.2) is 0 Å². The van der Waals surface area contributed by atoms with Crippen LogP contribution in [0.4, 0.5) is 18.9 Å². The second-order valence-electron chi connectivity index (χ2n) is 5.51. The molecule has 2 aromatic carbocycles. The predicted octanol–water partition coefficient (Wildman–Crippen LogP) is 4.38. The Morgan fingerprint density at radius 2 is 1.78 bits per heavy atom. The summed E-state index contributed by atoms with van der Waals surface area (Å²) in [6, 6.07) is 9.88. The number of hydrogen-bond acceptors (Lipinski definition) is 6. The summed E-state index contributed by atoms with van der Waals surface area (Å²) in [6.45, 7) is 0.164. The van der Waals surface area contributed by atoms with Crippen molar-refractivity contribution in [1.29, 1.82) is 0 Å². The summed E-state index contributed by atoms with van der Waals surface area (Å²) in [6.07, 6.45) is -4.36. The molecule has 1 heterocycles. The van der Waals surface area contributed by atoms with Crippen molar-refractivity contribution in [2.45, 2.75) is 12.7 Å². The summed E-state index contributed by atoms with van der Waals surface area (Å²) in [5, 5.41) is 6.85. The zero-order valence-corrected chi connectivity index (χ0v) is 14.5. The minimum absolute atomic E-state index is 0.164. The Labute approximate surface area is 152 Å². The van der Waals surface area contributed by atoms with E-state index in [4.69, 9.17) is 14.0 Å². The lowest BCUT2D eigenvalue weighted by atomic mass is 10.2. The van der Waals surface area contributed by atoms with Crippen LogP contribution in [0.5, 0.6) is 11.5 Å². The fourth-order valence-corrected chi connectivity index (χ4v) is 2.37. The van der Waals surface area contributed by atoms with Crippen molar-refractivity contribution in [3.05, 3.63) is 53.9 Å². The first-order chi connectivity index (χ1) is 12.9. The Morgan fingerprint density at radius 1 is 1.04 bits per heavy atom. The van der Waals surface area contributed by atoms with Gasteiger partial charge in [0, 0.05) is 11.8 Å². The van der Waals surface area contributed by atoms with Gasteiger partial charge in [-0.15, -0.1) is 0 Å². The summed E-state index contributed by atoms with van der Waals surface area (Å²) in [5.41, 5.74) is 0.423. The topological polar surface area (TPSA) is 69.4 Å². The van der Waals surface area contributed by atoms with Crippen LogP contribution in [0.1, 0.15) is 11.5 Å². The number of benzene rings is 2. The second-order valence-corrected chi connectivity index (χ2v) is 5.51. The summed E-state index contributed by atoms with van der Waals surface area (Å²) in [4.78, 5) is 4.28. The Bertz CT molecular complexity index is 908. The van der Waals surface area contributed by atoms with Gasteiger partial charge in [0.1, 0.15) is 11.5 Å². The number of hydrogen-bond donors (Lipinski definition) is 1. The molecule has 142 valence electrons.